The van der Waals surface area contributed by atoms with Crippen molar-refractivity contribution in [1.29, 1.82) is 0 Å². The molecule has 0 bridgehead atoms. The van der Waals surface area contributed by atoms with Crippen LogP contribution in [0.1, 0.15) is 31.2 Å². The van der Waals surface area contributed by atoms with Gasteiger partial charge in [-0.1, -0.05) is 17.4 Å². The van der Waals surface area contributed by atoms with E-state index in [2.05, 4.69) is 20.9 Å². The molecule has 0 amide bonds. The number of anilines is 1. The molecule has 0 aliphatic carbocycles. The van der Waals surface area contributed by atoms with Gasteiger partial charge in [0, 0.05) is 26.2 Å². The number of fused-ring (bicyclic) bond motifs is 1. The van der Waals surface area contributed by atoms with Gasteiger partial charge in [0.2, 0.25) is 0 Å². The SMILES string of the molecule is CCOC(=O)C1=C(C)N=c2s/c(=C\c3ccc(N(C)C)o3)c(=O)n2C1c1ccc(OC)c(Br)c1. The number of methoxy groups -OCH3 is 1. The van der Waals surface area contributed by atoms with Gasteiger partial charge in [-0.25, -0.2) is 9.79 Å². The Balaban J connectivity index is 1.93. The molecule has 3 heterocycles. The van der Waals surface area contributed by atoms with Crippen molar-refractivity contribution in [2.24, 2.45) is 4.99 Å². The fourth-order valence-electron chi connectivity index (χ4n) is 3.75. The first-order valence-corrected chi connectivity index (χ1v) is 12.2. The summed E-state index contributed by atoms with van der Waals surface area (Å²) in [6.07, 6.45) is 1.70. The predicted molar refractivity (Wildman–Crippen MR) is 134 cm³/mol. The molecule has 1 aromatic carbocycles. The van der Waals surface area contributed by atoms with E-state index in [-0.39, 0.29) is 12.2 Å². The van der Waals surface area contributed by atoms with Gasteiger partial charge in [0.25, 0.3) is 5.56 Å². The normalized spacial score (nSPS) is 15.7. The lowest BCUT2D eigenvalue weighted by Crippen LogP contribution is -2.39. The summed E-state index contributed by atoms with van der Waals surface area (Å²) in [4.78, 5) is 33.5. The number of allylic oxidation sites excluding steroid dienone is 1. The lowest BCUT2D eigenvalue weighted by Gasteiger charge is -2.25. The molecule has 1 aliphatic heterocycles. The van der Waals surface area contributed by atoms with E-state index >= 15 is 0 Å². The van der Waals surface area contributed by atoms with E-state index in [0.29, 0.717) is 42.5 Å². The number of benzene rings is 1. The Labute approximate surface area is 208 Å². The number of nitrogens with zero attached hydrogens (tertiary/aromatic N) is 3. The van der Waals surface area contributed by atoms with Crippen LogP contribution in [0.15, 0.2) is 60.3 Å². The second-order valence-corrected chi connectivity index (χ2v) is 9.63. The minimum Gasteiger partial charge on any atom is -0.496 e. The maximum absolute atomic E-state index is 13.6. The van der Waals surface area contributed by atoms with Crippen LogP contribution in [0.25, 0.3) is 6.08 Å². The fraction of sp³-hybridized carbons (Fsp3) is 0.292. The molecule has 8 nitrogen and oxygen atoms in total. The molecule has 178 valence electrons. The van der Waals surface area contributed by atoms with Crippen LogP contribution < -0.4 is 24.5 Å². The number of hydrogen-bond acceptors (Lipinski definition) is 8. The zero-order chi connectivity index (χ0) is 24.6. The van der Waals surface area contributed by atoms with Gasteiger partial charge in [-0.15, -0.1) is 0 Å². The van der Waals surface area contributed by atoms with Crippen LogP contribution in [0, 0.1) is 0 Å². The van der Waals surface area contributed by atoms with E-state index in [4.69, 9.17) is 13.9 Å². The van der Waals surface area contributed by atoms with Gasteiger partial charge >= 0.3 is 5.97 Å². The van der Waals surface area contributed by atoms with Crippen LogP contribution >= 0.6 is 27.3 Å². The average Bonchev–Trinajstić information content (AvgIpc) is 3.38. The number of ether oxygens (including phenoxy) is 2. The molecule has 3 aromatic rings. The van der Waals surface area contributed by atoms with Crippen molar-refractivity contribution in [1.82, 2.24) is 4.57 Å². The third kappa shape index (κ3) is 4.35. The molecule has 1 atom stereocenters. The van der Waals surface area contributed by atoms with Crippen molar-refractivity contribution in [3.63, 3.8) is 0 Å². The summed E-state index contributed by atoms with van der Waals surface area (Å²) in [5.41, 5.74) is 1.30. The van der Waals surface area contributed by atoms with Crippen molar-refractivity contribution in [3.8, 4) is 5.75 Å². The van der Waals surface area contributed by atoms with Crippen LogP contribution in [-0.4, -0.2) is 38.3 Å². The molecule has 1 aliphatic rings. The summed E-state index contributed by atoms with van der Waals surface area (Å²) >= 11 is 4.76. The van der Waals surface area contributed by atoms with E-state index < -0.39 is 12.0 Å². The summed E-state index contributed by atoms with van der Waals surface area (Å²) in [7, 11) is 5.33. The van der Waals surface area contributed by atoms with Crippen LogP contribution in [0.4, 0.5) is 5.88 Å². The van der Waals surface area contributed by atoms with Gasteiger partial charge in [0.15, 0.2) is 10.7 Å². The molecule has 0 N–H and O–H groups in total. The number of furan rings is 1. The van der Waals surface area contributed by atoms with Crippen molar-refractivity contribution in [2.75, 3.05) is 32.7 Å². The molecule has 0 radical (unpaired) electrons. The maximum Gasteiger partial charge on any atom is 0.338 e. The van der Waals surface area contributed by atoms with Gasteiger partial charge < -0.3 is 18.8 Å². The van der Waals surface area contributed by atoms with Crippen molar-refractivity contribution >= 4 is 45.2 Å². The molecule has 0 saturated heterocycles. The number of carbonyl (C=O) groups excluding carboxylic acids is 1. The predicted octanol–water partition coefficient (Wildman–Crippen LogP) is 3.23. The topological polar surface area (TPSA) is 86.3 Å². The van der Waals surface area contributed by atoms with Crippen LogP contribution in [0.3, 0.4) is 0 Å². The largest absolute Gasteiger partial charge is 0.496 e. The zero-order valence-corrected chi connectivity index (χ0v) is 21.8. The summed E-state index contributed by atoms with van der Waals surface area (Å²) < 4.78 is 19.2. The van der Waals surface area contributed by atoms with Crippen molar-refractivity contribution < 1.29 is 18.7 Å². The molecule has 0 fully saturated rings. The zero-order valence-electron chi connectivity index (χ0n) is 19.4. The highest BCUT2D eigenvalue weighted by atomic mass is 79.9. The van der Waals surface area contributed by atoms with Crippen LogP contribution in [-0.2, 0) is 9.53 Å². The number of rotatable bonds is 6. The molecule has 0 saturated carbocycles. The van der Waals surface area contributed by atoms with Gasteiger partial charge in [-0.2, -0.15) is 0 Å². The summed E-state index contributed by atoms with van der Waals surface area (Å²) in [6, 6.07) is 8.41. The molecule has 10 heteroatoms. The minimum absolute atomic E-state index is 0.214. The fourth-order valence-corrected chi connectivity index (χ4v) is 5.33. The molecule has 2 aromatic heterocycles. The molecule has 34 heavy (non-hydrogen) atoms. The smallest absolute Gasteiger partial charge is 0.338 e. The van der Waals surface area contributed by atoms with Gasteiger partial charge in [-0.3, -0.25) is 9.36 Å². The summed E-state index contributed by atoms with van der Waals surface area (Å²) in [5, 5.41) is 0. The molecule has 0 spiro atoms. The maximum atomic E-state index is 13.6. The van der Waals surface area contributed by atoms with Crippen molar-refractivity contribution in [2.45, 2.75) is 19.9 Å². The Morgan fingerprint density at radius 1 is 1.32 bits per heavy atom. The Morgan fingerprint density at radius 2 is 2.09 bits per heavy atom. The first-order chi connectivity index (χ1) is 16.2. The number of esters is 1. The second kappa shape index (κ2) is 9.63. The number of hydrogen-bond donors (Lipinski definition) is 0. The Kier molecular flexibility index (Phi) is 6.81. The van der Waals surface area contributed by atoms with Crippen molar-refractivity contribution in [3.05, 3.63) is 77.1 Å². The minimum atomic E-state index is -0.700. The first-order valence-electron chi connectivity index (χ1n) is 10.6. The highest BCUT2D eigenvalue weighted by molar-refractivity contribution is 9.10. The first kappa shape index (κ1) is 24.0. The van der Waals surface area contributed by atoms with E-state index in [1.165, 1.54) is 11.3 Å². The lowest BCUT2D eigenvalue weighted by molar-refractivity contribution is -0.139. The highest BCUT2D eigenvalue weighted by Crippen LogP contribution is 2.35. The molecular weight excluding hydrogens is 522 g/mol. The summed E-state index contributed by atoms with van der Waals surface area (Å²) in [6.45, 7) is 3.71. The monoisotopic (exact) mass is 545 g/mol. The van der Waals surface area contributed by atoms with E-state index in [1.807, 2.05) is 37.2 Å². The Hall–Kier alpha value is -3.11. The van der Waals surface area contributed by atoms with Crippen LogP contribution in [0.2, 0.25) is 0 Å². The van der Waals surface area contributed by atoms with Gasteiger partial charge in [-0.05, 0) is 53.5 Å². The Morgan fingerprint density at radius 3 is 2.71 bits per heavy atom. The number of carbonyl (C=O) groups is 1. The third-order valence-corrected chi connectivity index (χ3v) is 6.94. The van der Waals surface area contributed by atoms with E-state index in [0.717, 1.165) is 5.56 Å². The quantitative estimate of drug-likeness (QED) is 0.442. The number of halogens is 1. The molecule has 1 unspecified atom stereocenters. The molecular formula is C24H24BrN3O5S. The lowest BCUT2D eigenvalue weighted by atomic mass is 9.96. The summed E-state index contributed by atoms with van der Waals surface area (Å²) in [5.74, 6) is 1.38. The van der Waals surface area contributed by atoms with E-state index in [1.54, 1.807) is 43.7 Å². The van der Waals surface area contributed by atoms with Crippen LogP contribution in [0.5, 0.6) is 5.75 Å². The second-order valence-electron chi connectivity index (χ2n) is 7.77. The average molecular weight is 546 g/mol. The number of aromatic nitrogens is 1. The standard InChI is InChI=1S/C24H24BrN3O5S/c1-6-32-23(30)20-13(2)26-24-28(21(20)14-7-9-17(31-5)16(25)11-14)22(29)18(34-24)12-15-8-10-19(33-15)27(3)4/h7-12,21H,6H2,1-5H3/b18-12-. The van der Waals surface area contributed by atoms with E-state index in [9.17, 15) is 9.59 Å². The number of thiazole rings is 1. The Bertz CT molecular complexity index is 1460. The van der Waals surface area contributed by atoms with Gasteiger partial charge in [0.05, 0.1) is 40.0 Å². The third-order valence-electron chi connectivity index (χ3n) is 5.34. The highest BCUT2D eigenvalue weighted by Gasteiger charge is 2.33. The molecule has 4 rings (SSSR count). The van der Waals surface area contributed by atoms with Gasteiger partial charge in [0.1, 0.15) is 11.5 Å².